The van der Waals surface area contributed by atoms with E-state index in [0.717, 1.165) is 10.4 Å². The van der Waals surface area contributed by atoms with Gasteiger partial charge in [-0.1, -0.05) is 97.6 Å². The number of alkyl halides is 1. The van der Waals surface area contributed by atoms with Gasteiger partial charge in [0.15, 0.2) is 6.16 Å². The summed E-state index contributed by atoms with van der Waals surface area (Å²) in [5, 5.41) is 11.3. The van der Waals surface area contributed by atoms with Gasteiger partial charge in [0.1, 0.15) is 6.10 Å². The van der Waals surface area contributed by atoms with Crippen LogP contribution >= 0.6 is 19.4 Å². The molecule has 0 aliphatic carbocycles. The molecule has 0 bridgehead atoms. The number of rotatable bonds is 9. The number of halogens is 1. The minimum atomic E-state index is -2.89. The number of hydrogen-bond acceptors (Lipinski definition) is 3. The topological polar surface area (TPSA) is 63.6 Å². The molecule has 2 aromatic carbocycles. The minimum absolute atomic E-state index is 0.00440. The number of benzene rings is 2. The minimum Gasteiger partial charge on any atom is -0.481 e. The fourth-order valence-corrected chi connectivity index (χ4v) is 9.43. The van der Waals surface area contributed by atoms with Gasteiger partial charge in [-0.3, -0.25) is 4.79 Å². The Balaban J connectivity index is 2.65. The molecule has 28 heavy (non-hydrogen) atoms. The number of aliphatic carboxylic acids is 1. The average molecular weight is 438 g/mol. The molecule has 0 aliphatic heterocycles. The normalized spacial score (nSPS) is 13.8. The van der Waals surface area contributed by atoms with E-state index in [1.54, 1.807) is 0 Å². The largest absolute Gasteiger partial charge is 0.481 e. The molecule has 4 nitrogen and oxygen atoms in total. The second-order valence-corrected chi connectivity index (χ2v) is 14.3. The molecular formula is C21H27ClO4PSi+. The lowest BCUT2D eigenvalue weighted by molar-refractivity contribution is -0.138. The van der Waals surface area contributed by atoms with Gasteiger partial charge < -0.3 is 9.53 Å². The first-order valence-electron chi connectivity index (χ1n) is 9.19. The zero-order valence-electron chi connectivity index (χ0n) is 16.5. The number of carboxylic acid groups (broad SMARTS) is 1. The lowest BCUT2D eigenvalue weighted by Gasteiger charge is -2.44. The Bertz CT molecular complexity index is 754. The van der Waals surface area contributed by atoms with Gasteiger partial charge in [0.25, 0.3) is 8.32 Å². The number of carboxylic acids is 1. The first-order chi connectivity index (χ1) is 13.2. The molecule has 0 aliphatic rings. The molecule has 0 heterocycles. The summed E-state index contributed by atoms with van der Waals surface area (Å²) in [5.41, 5.74) is -0.00440. The Hall–Kier alpha value is -1.52. The second kappa shape index (κ2) is 9.79. The summed E-state index contributed by atoms with van der Waals surface area (Å²) in [5.74, 6) is -0.971. The van der Waals surface area contributed by atoms with Gasteiger partial charge >= 0.3 is 13.8 Å². The predicted octanol–water partition coefficient (Wildman–Crippen LogP) is 4.43. The van der Waals surface area contributed by atoms with Crippen molar-refractivity contribution in [3.8, 4) is 0 Å². The van der Waals surface area contributed by atoms with E-state index in [0.29, 0.717) is 0 Å². The lowest BCUT2D eigenvalue weighted by Crippen LogP contribution is -2.68. The monoisotopic (exact) mass is 437 g/mol. The van der Waals surface area contributed by atoms with E-state index < -0.39 is 28.2 Å². The van der Waals surface area contributed by atoms with Crippen LogP contribution in [-0.2, 0) is 13.8 Å². The molecule has 1 N–H and O–H groups in total. The van der Waals surface area contributed by atoms with Crippen LogP contribution in [0.1, 0.15) is 27.2 Å². The first-order valence-corrected chi connectivity index (χ1v) is 13.3. The van der Waals surface area contributed by atoms with Gasteiger partial charge in [-0.25, -0.2) is 0 Å². The van der Waals surface area contributed by atoms with Crippen LogP contribution < -0.4 is 10.4 Å². The van der Waals surface area contributed by atoms with Crippen molar-refractivity contribution in [3.63, 3.8) is 0 Å². The third kappa shape index (κ3) is 5.29. The van der Waals surface area contributed by atoms with E-state index in [1.807, 2.05) is 60.7 Å². The van der Waals surface area contributed by atoms with Gasteiger partial charge in [-0.2, -0.15) is 0 Å². The van der Waals surface area contributed by atoms with Crippen LogP contribution in [0, 0.1) is 0 Å². The highest BCUT2D eigenvalue weighted by atomic mass is 35.5. The highest BCUT2D eigenvalue weighted by Gasteiger charge is 2.52. The van der Waals surface area contributed by atoms with Gasteiger partial charge in [-0.15, -0.1) is 0 Å². The van der Waals surface area contributed by atoms with Crippen molar-refractivity contribution in [3.05, 3.63) is 60.7 Å². The third-order valence-corrected chi connectivity index (χ3v) is 11.7. The Labute approximate surface area is 173 Å². The van der Waals surface area contributed by atoms with E-state index in [1.165, 1.54) is 0 Å². The smallest absolute Gasteiger partial charge is 0.357 e. The van der Waals surface area contributed by atoms with Gasteiger partial charge in [0, 0.05) is 0 Å². The van der Waals surface area contributed by atoms with Crippen LogP contribution in [0.25, 0.3) is 0 Å². The Kier molecular flexibility index (Phi) is 7.96. The maximum absolute atomic E-state index is 12.2. The van der Waals surface area contributed by atoms with Crippen LogP contribution in [0.3, 0.4) is 0 Å². The summed E-state index contributed by atoms with van der Waals surface area (Å²) in [4.78, 5) is 11.5. The quantitative estimate of drug-likeness (QED) is 0.358. The highest BCUT2D eigenvalue weighted by Crippen LogP contribution is 2.39. The van der Waals surface area contributed by atoms with Crippen LogP contribution in [0.4, 0.5) is 0 Å². The molecule has 2 aromatic rings. The maximum atomic E-state index is 12.2. The van der Waals surface area contributed by atoms with Gasteiger partial charge in [0.05, 0.1) is 6.42 Å². The summed E-state index contributed by atoms with van der Waals surface area (Å²) < 4.78 is 18.9. The SMILES string of the molecule is CC(C)(C)[Si](O[C@@H](CC(=O)O)C[P+](=O)CCl)(c1ccccc1)c1ccccc1. The average Bonchev–Trinajstić information content (AvgIpc) is 2.65. The fourth-order valence-electron chi connectivity index (χ4n) is 3.56. The van der Waals surface area contributed by atoms with Gasteiger partial charge in [-0.05, 0) is 15.4 Å². The van der Waals surface area contributed by atoms with Gasteiger partial charge in [0.2, 0.25) is 5.62 Å². The molecule has 0 aromatic heterocycles. The van der Waals surface area contributed by atoms with Crippen molar-refractivity contribution in [2.45, 2.75) is 38.3 Å². The molecule has 2 rings (SSSR count). The molecule has 7 heteroatoms. The molecule has 1 unspecified atom stereocenters. The van der Waals surface area contributed by atoms with Crippen LogP contribution in [0.15, 0.2) is 60.7 Å². The van der Waals surface area contributed by atoms with Crippen LogP contribution in [0.5, 0.6) is 0 Å². The van der Waals surface area contributed by atoms with Crippen molar-refractivity contribution >= 4 is 44.1 Å². The van der Waals surface area contributed by atoms with Crippen molar-refractivity contribution < 1.29 is 18.9 Å². The summed E-state index contributed by atoms with van der Waals surface area (Å²) in [6.07, 6.45) is -0.746. The number of hydrogen-bond donors (Lipinski definition) is 1. The fraction of sp³-hybridized carbons (Fsp3) is 0.381. The van der Waals surface area contributed by atoms with E-state index in [-0.39, 0.29) is 23.2 Å². The Morgan fingerprint density at radius 2 is 1.54 bits per heavy atom. The molecule has 0 radical (unpaired) electrons. The zero-order valence-corrected chi connectivity index (χ0v) is 19.1. The van der Waals surface area contributed by atoms with Crippen molar-refractivity contribution in [2.24, 2.45) is 0 Å². The lowest BCUT2D eigenvalue weighted by atomic mass is 10.2. The van der Waals surface area contributed by atoms with E-state index in [2.05, 4.69) is 20.8 Å². The zero-order chi connectivity index (χ0) is 20.8. The van der Waals surface area contributed by atoms with Crippen molar-refractivity contribution in [1.82, 2.24) is 0 Å². The number of carbonyl (C=O) groups is 1. The van der Waals surface area contributed by atoms with E-state index in [9.17, 15) is 14.5 Å². The summed E-state index contributed by atoms with van der Waals surface area (Å²) in [6.45, 7) is 6.37. The standard InChI is InChI=1S/C21H26ClO4PSi/c1-21(2,3)28(18-10-6-4-7-11-18,19-12-8-5-9-13-19)26-17(14-20(23)24)15-27(25)16-22/h4-13,17H,14-16H2,1-3H3/p+1/t17-/m0/s1. The van der Waals surface area contributed by atoms with E-state index in [4.69, 9.17) is 16.0 Å². The summed E-state index contributed by atoms with van der Waals surface area (Å²) in [6, 6.07) is 20.0. The third-order valence-electron chi connectivity index (χ3n) is 4.70. The van der Waals surface area contributed by atoms with Crippen LogP contribution in [-0.4, -0.2) is 37.3 Å². The molecule has 2 atom stereocenters. The summed E-state index contributed by atoms with van der Waals surface area (Å²) in [7, 11) is -4.62. The summed E-state index contributed by atoms with van der Waals surface area (Å²) >= 11 is 5.75. The molecule has 0 fully saturated rings. The predicted molar refractivity (Wildman–Crippen MR) is 118 cm³/mol. The van der Waals surface area contributed by atoms with E-state index >= 15 is 0 Å². The van der Waals surface area contributed by atoms with Crippen LogP contribution in [0.2, 0.25) is 5.04 Å². The Morgan fingerprint density at radius 1 is 1.07 bits per heavy atom. The second-order valence-electron chi connectivity index (χ2n) is 7.78. The highest BCUT2D eigenvalue weighted by molar-refractivity contribution is 7.46. The first kappa shape index (κ1) is 22.8. The molecule has 0 spiro atoms. The molecule has 0 amide bonds. The van der Waals surface area contributed by atoms with Crippen molar-refractivity contribution in [2.75, 3.05) is 11.8 Å². The maximum Gasteiger partial charge on any atom is 0.357 e. The molecule has 150 valence electrons. The van der Waals surface area contributed by atoms with Crippen molar-refractivity contribution in [1.29, 1.82) is 0 Å². The molecular weight excluding hydrogens is 411 g/mol. The molecule has 0 saturated heterocycles. The molecule has 0 saturated carbocycles. The Morgan fingerprint density at radius 3 is 1.89 bits per heavy atom.